The lowest BCUT2D eigenvalue weighted by atomic mass is 10.1. The second kappa shape index (κ2) is 5.73. The van der Waals surface area contributed by atoms with Crippen molar-refractivity contribution in [3.8, 4) is 11.4 Å². The molecule has 0 bridgehead atoms. The van der Waals surface area contributed by atoms with E-state index in [1.54, 1.807) is 6.20 Å². The minimum atomic E-state index is 0.0707. The number of nitrogens with zero attached hydrogens (tertiary/aromatic N) is 3. The highest BCUT2D eigenvalue weighted by Crippen LogP contribution is 2.20. The SMILES string of the molecule is CCc1cnccc1-c1noc(CC(N)CC)n1. The molecule has 0 saturated carbocycles. The van der Waals surface area contributed by atoms with E-state index in [0.717, 1.165) is 24.0 Å². The molecule has 2 rings (SSSR count). The Labute approximate surface area is 106 Å². The fraction of sp³-hybridized carbons (Fsp3) is 0.462. The van der Waals surface area contributed by atoms with E-state index in [4.69, 9.17) is 10.3 Å². The third-order valence-corrected chi connectivity index (χ3v) is 2.95. The van der Waals surface area contributed by atoms with Crippen LogP contribution in [0.4, 0.5) is 0 Å². The van der Waals surface area contributed by atoms with Crippen molar-refractivity contribution in [2.75, 3.05) is 0 Å². The van der Waals surface area contributed by atoms with Crippen molar-refractivity contribution in [1.82, 2.24) is 15.1 Å². The molecule has 0 aliphatic heterocycles. The van der Waals surface area contributed by atoms with E-state index in [9.17, 15) is 0 Å². The van der Waals surface area contributed by atoms with Crippen LogP contribution in [0.1, 0.15) is 31.7 Å². The van der Waals surface area contributed by atoms with Gasteiger partial charge in [0.2, 0.25) is 11.7 Å². The number of aromatic nitrogens is 3. The fourth-order valence-corrected chi connectivity index (χ4v) is 1.74. The number of pyridine rings is 1. The van der Waals surface area contributed by atoms with Gasteiger partial charge in [-0.1, -0.05) is 19.0 Å². The maximum Gasteiger partial charge on any atom is 0.228 e. The first kappa shape index (κ1) is 12.7. The minimum absolute atomic E-state index is 0.0707. The van der Waals surface area contributed by atoms with E-state index in [-0.39, 0.29) is 6.04 Å². The third-order valence-electron chi connectivity index (χ3n) is 2.95. The first-order valence-electron chi connectivity index (χ1n) is 6.26. The molecule has 18 heavy (non-hydrogen) atoms. The summed E-state index contributed by atoms with van der Waals surface area (Å²) in [5.74, 6) is 1.21. The zero-order chi connectivity index (χ0) is 13.0. The quantitative estimate of drug-likeness (QED) is 0.872. The van der Waals surface area contributed by atoms with Gasteiger partial charge < -0.3 is 10.3 Å². The second-order valence-corrected chi connectivity index (χ2v) is 4.27. The topological polar surface area (TPSA) is 77.8 Å². The molecule has 1 unspecified atom stereocenters. The summed E-state index contributed by atoms with van der Waals surface area (Å²) in [6, 6.07) is 1.98. The van der Waals surface area contributed by atoms with Gasteiger partial charge >= 0.3 is 0 Å². The lowest BCUT2D eigenvalue weighted by Gasteiger charge is -2.03. The van der Waals surface area contributed by atoms with Crippen molar-refractivity contribution in [1.29, 1.82) is 0 Å². The Hall–Kier alpha value is -1.75. The van der Waals surface area contributed by atoms with Gasteiger partial charge in [0.1, 0.15) is 0 Å². The molecular formula is C13H18N4O. The van der Waals surface area contributed by atoms with Crippen LogP contribution in [-0.2, 0) is 12.8 Å². The Kier molecular flexibility index (Phi) is 4.04. The lowest BCUT2D eigenvalue weighted by molar-refractivity contribution is 0.368. The van der Waals surface area contributed by atoms with E-state index in [1.165, 1.54) is 0 Å². The number of rotatable bonds is 5. The molecule has 2 heterocycles. The van der Waals surface area contributed by atoms with Crippen LogP contribution in [0.3, 0.4) is 0 Å². The van der Waals surface area contributed by atoms with Crippen LogP contribution in [0.2, 0.25) is 0 Å². The van der Waals surface area contributed by atoms with Crippen LogP contribution < -0.4 is 5.73 Å². The first-order valence-corrected chi connectivity index (χ1v) is 6.26. The van der Waals surface area contributed by atoms with Crippen LogP contribution in [0.15, 0.2) is 23.0 Å². The molecule has 2 aromatic rings. The predicted octanol–water partition coefficient (Wildman–Crippen LogP) is 1.97. The van der Waals surface area contributed by atoms with Gasteiger partial charge in [0.05, 0.1) is 0 Å². The molecule has 0 aromatic carbocycles. The highest BCUT2D eigenvalue weighted by Gasteiger charge is 2.13. The average molecular weight is 246 g/mol. The molecule has 0 aliphatic rings. The molecule has 1 atom stereocenters. The molecule has 0 aliphatic carbocycles. The summed E-state index contributed by atoms with van der Waals surface area (Å²) < 4.78 is 5.23. The average Bonchev–Trinajstić information content (AvgIpc) is 2.86. The molecule has 96 valence electrons. The van der Waals surface area contributed by atoms with Crippen molar-refractivity contribution in [2.45, 2.75) is 39.2 Å². The molecule has 0 saturated heterocycles. The van der Waals surface area contributed by atoms with Crippen LogP contribution in [0, 0.1) is 0 Å². The first-order chi connectivity index (χ1) is 8.74. The summed E-state index contributed by atoms with van der Waals surface area (Å²) in [6.45, 7) is 4.12. The van der Waals surface area contributed by atoms with Gasteiger partial charge in [-0.25, -0.2) is 0 Å². The Bertz CT molecular complexity index is 509. The Morgan fingerprint density at radius 1 is 1.39 bits per heavy atom. The van der Waals surface area contributed by atoms with E-state index in [2.05, 4.69) is 22.0 Å². The molecule has 5 nitrogen and oxygen atoms in total. The maximum atomic E-state index is 5.87. The van der Waals surface area contributed by atoms with Crippen molar-refractivity contribution in [3.63, 3.8) is 0 Å². The number of aryl methyl sites for hydroxylation is 1. The standard InChI is InChI=1S/C13H18N4O/c1-3-9-8-15-6-5-11(9)13-16-12(18-17-13)7-10(14)4-2/h5-6,8,10H,3-4,7,14H2,1-2H3. The van der Waals surface area contributed by atoms with Gasteiger partial charge in [-0.15, -0.1) is 0 Å². The lowest BCUT2D eigenvalue weighted by Crippen LogP contribution is -2.21. The van der Waals surface area contributed by atoms with Crippen LogP contribution >= 0.6 is 0 Å². The van der Waals surface area contributed by atoms with E-state index >= 15 is 0 Å². The summed E-state index contributed by atoms with van der Waals surface area (Å²) in [5, 5.41) is 4.01. The van der Waals surface area contributed by atoms with Crippen LogP contribution in [-0.4, -0.2) is 21.2 Å². The number of nitrogens with two attached hydrogens (primary N) is 1. The predicted molar refractivity (Wildman–Crippen MR) is 68.9 cm³/mol. The third kappa shape index (κ3) is 2.73. The number of hydrogen-bond donors (Lipinski definition) is 1. The van der Waals surface area contributed by atoms with Crippen molar-refractivity contribution < 1.29 is 4.52 Å². The highest BCUT2D eigenvalue weighted by atomic mass is 16.5. The van der Waals surface area contributed by atoms with Crippen molar-refractivity contribution >= 4 is 0 Å². The zero-order valence-corrected chi connectivity index (χ0v) is 10.8. The van der Waals surface area contributed by atoms with Gasteiger partial charge in [0, 0.05) is 30.4 Å². The molecule has 0 radical (unpaired) electrons. The van der Waals surface area contributed by atoms with E-state index < -0.39 is 0 Å². The summed E-state index contributed by atoms with van der Waals surface area (Å²) in [7, 11) is 0. The van der Waals surface area contributed by atoms with Crippen molar-refractivity contribution in [3.05, 3.63) is 29.9 Å². The normalized spacial score (nSPS) is 12.6. The molecule has 0 amide bonds. The monoisotopic (exact) mass is 246 g/mol. The highest BCUT2D eigenvalue weighted by molar-refractivity contribution is 5.58. The molecule has 0 spiro atoms. The Morgan fingerprint density at radius 3 is 2.94 bits per heavy atom. The summed E-state index contributed by atoms with van der Waals surface area (Å²) in [4.78, 5) is 8.50. The molecular weight excluding hydrogens is 228 g/mol. The van der Waals surface area contributed by atoms with Gasteiger partial charge in [0.15, 0.2) is 0 Å². The van der Waals surface area contributed by atoms with E-state index in [0.29, 0.717) is 18.1 Å². The molecule has 2 N–H and O–H groups in total. The van der Waals surface area contributed by atoms with Crippen molar-refractivity contribution in [2.24, 2.45) is 5.73 Å². The Morgan fingerprint density at radius 2 is 2.22 bits per heavy atom. The summed E-state index contributed by atoms with van der Waals surface area (Å²) in [5.41, 5.74) is 7.97. The Balaban J connectivity index is 2.24. The summed E-state index contributed by atoms with van der Waals surface area (Å²) >= 11 is 0. The molecule has 0 fully saturated rings. The summed E-state index contributed by atoms with van der Waals surface area (Å²) in [6.07, 6.45) is 5.98. The number of hydrogen-bond acceptors (Lipinski definition) is 5. The van der Waals surface area contributed by atoms with Crippen LogP contribution in [0.25, 0.3) is 11.4 Å². The van der Waals surface area contributed by atoms with Crippen LogP contribution in [0.5, 0.6) is 0 Å². The smallest absolute Gasteiger partial charge is 0.228 e. The van der Waals surface area contributed by atoms with Gasteiger partial charge in [-0.2, -0.15) is 4.98 Å². The maximum absolute atomic E-state index is 5.87. The van der Waals surface area contributed by atoms with E-state index in [1.807, 2.05) is 19.2 Å². The van der Waals surface area contributed by atoms with Gasteiger partial charge in [0.25, 0.3) is 0 Å². The second-order valence-electron chi connectivity index (χ2n) is 4.27. The zero-order valence-electron chi connectivity index (χ0n) is 10.8. The largest absolute Gasteiger partial charge is 0.339 e. The molecule has 2 aromatic heterocycles. The van der Waals surface area contributed by atoms with Gasteiger partial charge in [-0.3, -0.25) is 4.98 Å². The minimum Gasteiger partial charge on any atom is -0.339 e. The molecule has 5 heteroatoms. The van der Waals surface area contributed by atoms with Gasteiger partial charge in [-0.05, 0) is 24.5 Å². The fourth-order valence-electron chi connectivity index (χ4n) is 1.74.